The Morgan fingerprint density at radius 3 is 2.48 bits per heavy atom. The summed E-state index contributed by atoms with van der Waals surface area (Å²) in [4.78, 5) is 35.3. The number of alkyl carbamates (subject to hydrolysis) is 1. The lowest BCUT2D eigenvalue weighted by Gasteiger charge is -2.19. The van der Waals surface area contributed by atoms with Crippen LogP contribution in [0, 0.1) is 0 Å². The van der Waals surface area contributed by atoms with E-state index in [9.17, 15) is 14.4 Å². The second-order valence-corrected chi connectivity index (χ2v) is 7.17. The average Bonchev–Trinajstić information content (AvgIpc) is 2.57. The number of rotatable bonds is 7. The Kier molecular flexibility index (Phi) is 8.51. The summed E-state index contributed by atoms with van der Waals surface area (Å²) in [6.07, 6.45) is 1.75. The molecule has 0 bridgehead atoms. The van der Waals surface area contributed by atoms with E-state index in [0.717, 1.165) is 17.6 Å². The zero-order valence-electron chi connectivity index (χ0n) is 16.6. The van der Waals surface area contributed by atoms with Gasteiger partial charge in [-0.05, 0) is 51.8 Å². The second kappa shape index (κ2) is 10.4. The highest BCUT2D eigenvalue weighted by molar-refractivity contribution is 5.94. The van der Waals surface area contributed by atoms with Gasteiger partial charge in [0, 0.05) is 18.3 Å². The minimum atomic E-state index is -0.649. The number of amides is 3. The molecule has 1 aromatic carbocycles. The molecule has 0 spiro atoms. The Morgan fingerprint density at radius 2 is 1.85 bits per heavy atom. The maximum absolute atomic E-state index is 12.0. The van der Waals surface area contributed by atoms with Crippen molar-refractivity contribution >= 4 is 23.6 Å². The number of allylic oxidation sites excluding steroid dienone is 1. The number of hydrogen-bond donors (Lipinski definition) is 3. The van der Waals surface area contributed by atoms with Crippen LogP contribution >= 0.6 is 0 Å². The van der Waals surface area contributed by atoms with Gasteiger partial charge in [-0.15, -0.1) is 0 Å². The molecule has 7 nitrogen and oxygen atoms in total. The van der Waals surface area contributed by atoms with Crippen LogP contribution in [0.5, 0.6) is 0 Å². The molecule has 27 heavy (non-hydrogen) atoms. The molecule has 3 amide bonds. The molecule has 148 valence electrons. The van der Waals surface area contributed by atoms with E-state index in [1.807, 2.05) is 19.9 Å². The van der Waals surface area contributed by atoms with E-state index in [-0.39, 0.29) is 18.4 Å². The van der Waals surface area contributed by atoms with Gasteiger partial charge in [0.1, 0.15) is 12.1 Å². The molecular formula is C20H29N3O4. The molecule has 0 aliphatic carbocycles. The van der Waals surface area contributed by atoms with Crippen LogP contribution < -0.4 is 16.0 Å². The summed E-state index contributed by atoms with van der Waals surface area (Å²) in [5.74, 6) is -0.520. The van der Waals surface area contributed by atoms with Crippen LogP contribution in [0.15, 0.2) is 35.9 Å². The molecule has 0 aromatic heterocycles. The molecule has 0 atom stereocenters. The fraction of sp³-hybridized carbons (Fsp3) is 0.450. The van der Waals surface area contributed by atoms with Crippen LogP contribution in [0.1, 0.15) is 46.6 Å². The minimum Gasteiger partial charge on any atom is -0.444 e. The van der Waals surface area contributed by atoms with E-state index in [1.165, 1.54) is 0 Å². The Labute approximate surface area is 160 Å². The Balaban J connectivity index is 2.50. The van der Waals surface area contributed by atoms with Gasteiger partial charge < -0.3 is 20.7 Å². The van der Waals surface area contributed by atoms with Crippen molar-refractivity contribution in [3.8, 4) is 0 Å². The first-order chi connectivity index (χ1) is 12.6. The molecule has 0 saturated heterocycles. The van der Waals surface area contributed by atoms with E-state index < -0.39 is 11.7 Å². The molecule has 1 rings (SSSR count). The van der Waals surface area contributed by atoms with Gasteiger partial charge in [-0.2, -0.15) is 0 Å². The van der Waals surface area contributed by atoms with Gasteiger partial charge in [-0.3, -0.25) is 9.59 Å². The highest BCUT2D eigenvalue weighted by Crippen LogP contribution is 2.11. The number of anilines is 1. The summed E-state index contributed by atoms with van der Waals surface area (Å²) in [5, 5.41) is 7.90. The third kappa shape index (κ3) is 10.0. The van der Waals surface area contributed by atoms with Gasteiger partial charge in [-0.25, -0.2) is 4.79 Å². The van der Waals surface area contributed by atoms with Crippen LogP contribution in [0.3, 0.4) is 0 Å². The fourth-order valence-electron chi connectivity index (χ4n) is 2.00. The van der Waals surface area contributed by atoms with Crippen LogP contribution in [0.4, 0.5) is 10.5 Å². The van der Waals surface area contributed by atoms with E-state index in [4.69, 9.17) is 4.74 Å². The average molecular weight is 375 g/mol. The Hall–Kier alpha value is -2.83. The number of benzene rings is 1. The molecule has 0 fully saturated rings. The van der Waals surface area contributed by atoms with Crippen molar-refractivity contribution in [2.24, 2.45) is 0 Å². The van der Waals surface area contributed by atoms with Crippen LogP contribution in [-0.2, 0) is 20.9 Å². The summed E-state index contributed by atoms with van der Waals surface area (Å²) in [6.45, 7) is 9.29. The van der Waals surface area contributed by atoms with Crippen molar-refractivity contribution in [3.05, 3.63) is 41.5 Å². The van der Waals surface area contributed by atoms with Gasteiger partial charge in [0.2, 0.25) is 11.8 Å². The molecule has 1 aromatic rings. The van der Waals surface area contributed by atoms with Crippen LogP contribution in [0.25, 0.3) is 0 Å². The molecule has 0 saturated carbocycles. The quantitative estimate of drug-likeness (QED) is 0.638. The molecule has 7 heteroatoms. The zero-order valence-corrected chi connectivity index (χ0v) is 16.6. The molecule has 0 unspecified atom stereocenters. The van der Waals surface area contributed by atoms with Crippen molar-refractivity contribution in [3.63, 3.8) is 0 Å². The van der Waals surface area contributed by atoms with Crippen LogP contribution in [0.2, 0.25) is 0 Å². The first kappa shape index (κ1) is 22.2. The van der Waals surface area contributed by atoms with E-state index >= 15 is 0 Å². The van der Waals surface area contributed by atoms with Crippen molar-refractivity contribution in [2.45, 2.75) is 53.2 Å². The second-order valence-electron chi connectivity index (χ2n) is 7.17. The Morgan fingerprint density at radius 1 is 1.15 bits per heavy atom. The summed E-state index contributed by atoms with van der Waals surface area (Å²) < 4.78 is 5.07. The lowest BCUT2D eigenvalue weighted by Crippen LogP contribution is -2.37. The first-order valence-electron chi connectivity index (χ1n) is 8.89. The summed E-state index contributed by atoms with van der Waals surface area (Å²) >= 11 is 0. The molecule has 3 N–H and O–H groups in total. The summed E-state index contributed by atoms with van der Waals surface area (Å²) in [7, 11) is 0. The van der Waals surface area contributed by atoms with Gasteiger partial charge in [-0.1, -0.05) is 24.6 Å². The maximum Gasteiger partial charge on any atom is 0.408 e. The number of hydrogen-bond acceptors (Lipinski definition) is 4. The lowest BCUT2D eigenvalue weighted by atomic mass is 10.2. The van der Waals surface area contributed by atoms with Gasteiger partial charge >= 0.3 is 6.09 Å². The third-order valence-corrected chi connectivity index (χ3v) is 3.40. The fourth-order valence-corrected chi connectivity index (χ4v) is 2.00. The van der Waals surface area contributed by atoms with Crippen molar-refractivity contribution in [1.82, 2.24) is 10.6 Å². The maximum atomic E-state index is 12.0. The molecule has 0 radical (unpaired) electrons. The third-order valence-electron chi connectivity index (χ3n) is 3.40. The topological polar surface area (TPSA) is 96.5 Å². The first-order valence-corrected chi connectivity index (χ1v) is 8.89. The molecule has 0 aliphatic rings. The van der Waals surface area contributed by atoms with Crippen LogP contribution in [-0.4, -0.2) is 30.1 Å². The number of carbonyl (C=O) groups is 3. The molecular weight excluding hydrogens is 346 g/mol. The van der Waals surface area contributed by atoms with Gasteiger partial charge in [0.25, 0.3) is 0 Å². The lowest BCUT2D eigenvalue weighted by molar-refractivity contribution is -0.117. The SMILES string of the molecule is CC/C(C)=C/C(=O)NCc1cccc(NC(=O)CNC(=O)OC(C)(C)C)c1. The molecule has 0 aliphatic heterocycles. The number of ether oxygens (including phenoxy) is 1. The standard InChI is InChI=1S/C20H29N3O4/c1-6-14(2)10-17(24)21-12-15-8-7-9-16(11-15)23-18(25)13-22-19(26)27-20(3,4)5/h7-11H,6,12-13H2,1-5H3,(H,21,24)(H,22,26)(H,23,25)/b14-10+. The van der Waals surface area contributed by atoms with E-state index in [0.29, 0.717) is 12.2 Å². The molecule has 0 heterocycles. The van der Waals surface area contributed by atoms with Crippen molar-refractivity contribution in [2.75, 3.05) is 11.9 Å². The largest absolute Gasteiger partial charge is 0.444 e. The van der Waals surface area contributed by atoms with Crippen molar-refractivity contribution < 1.29 is 19.1 Å². The smallest absolute Gasteiger partial charge is 0.408 e. The number of carbonyl (C=O) groups excluding carboxylic acids is 3. The van der Waals surface area contributed by atoms with Gasteiger partial charge in [0.15, 0.2) is 0 Å². The Bertz CT molecular complexity index is 705. The minimum absolute atomic E-state index is 0.148. The summed E-state index contributed by atoms with van der Waals surface area (Å²) in [5.41, 5.74) is 1.82. The normalized spacial score (nSPS) is 11.5. The highest BCUT2D eigenvalue weighted by atomic mass is 16.6. The monoisotopic (exact) mass is 375 g/mol. The van der Waals surface area contributed by atoms with Gasteiger partial charge in [0.05, 0.1) is 0 Å². The van der Waals surface area contributed by atoms with Crippen molar-refractivity contribution in [1.29, 1.82) is 0 Å². The highest BCUT2D eigenvalue weighted by Gasteiger charge is 2.16. The zero-order chi connectivity index (χ0) is 20.4. The number of nitrogens with one attached hydrogen (secondary N) is 3. The predicted octanol–water partition coefficient (Wildman–Crippen LogP) is 3.12. The van der Waals surface area contributed by atoms with E-state index in [1.54, 1.807) is 45.0 Å². The summed E-state index contributed by atoms with van der Waals surface area (Å²) in [6, 6.07) is 7.14. The van der Waals surface area contributed by atoms with E-state index in [2.05, 4.69) is 16.0 Å². The predicted molar refractivity (Wildman–Crippen MR) is 105 cm³/mol.